The third-order valence-electron chi connectivity index (χ3n) is 4.99. The van der Waals surface area contributed by atoms with Crippen LogP contribution in [0.1, 0.15) is 24.8 Å². The summed E-state index contributed by atoms with van der Waals surface area (Å²) in [7, 11) is 0. The van der Waals surface area contributed by atoms with Gasteiger partial charge in [0.25, 0.3) is 0 Å². The van der Waals surface area contributed by atoms with Crippen molar-refractivity contribution in [2.45, 2.75) is 31.8 Å². The molecule has 1 amide bonds. The van der Waals surface area contributed by atoms with E-state index in [0.717, 1.165) is 43.7 Å². The second-order valence-electron chi connectivity index (χ2n) is 7.13. The number of benzene rings is 1. The molecule has 1 fully saturated rings. The number of carbonyl (C=O) groups is 1. The van der Waals surface area contributed by atoms with Gasteiger partial charge in [0.1, 0.15) is 5.75 Å². The maximum Gasteiger partial charge on any atom is 0.241 e. The van der Waals surface area contributed by atoms with Gasteiger partial charge >= 0.3 is 0 Å². The summed E-state index contributed by atoms with van der Waals surface area (Å²) in [6, 6.07) is 16.9. The van der Waals surface area contributed by atoms with Crippen LogP contribution >= 0.6 is 0 Å². The highest BCUT2D eigenvalue weighted by Crippen LogP contribution is 2.23. The van der Waals surface area contributed by atoms with Gasteiger partial charge in [-0.25, -0.2) is 4.98 Å². The molecule has 1 aromatic carbocycles. The minimum Gasteiger partial charge on any atom is -0.439 e. The minimum atomic E-state index is -0.149. The number of anilines is 1. The van der Waals surface area contributed by atoms with Crippen LogP contribution in [0.4, 0.5) is 5.69 Å². The van der Waals surface area contributed by atoms with E-state index in [1.54, 1.807) is 18.5 Å². The molecule has 0 bridgehead atoms. The van der Waals surface area contributed by atoms with Gasteiger partial charge in [0.2, 0.25) is 11.8 Å². The molecule has 6 heteroatoms. The van der Waals surface area contributed by atoms with E-state index >= 15 is 0 Å². The minimum absolute atomic E-state index is 0.00659. The van der Waals surface area contributed by atoms with Crippen molar-refractivity contribution >= 4 is 11.6 Å². The van der Waals surface area contributed by atoms with E-state index in [2.05, 4.69) is 20.2 Å². The molecule has 0 spiro atoms. The van der Waals surface area contributed by atoms with Gasteiger partial charge in [-0.1, -0.05) is 30.7 Å². The molecule has 0 aliphatic carbocycles. The van der Waals surface area contributed by atoms with E-state index in [4.69, 9.17) is 4.74 Å². The standard InChI is InChI=1S/C23H24N4O2/c28-23(21-10-4-5-14-27(21)17-18-7-6-13-24-15-18)26-19-11-12-22(25-16-19)29-20-8-2-1-3-9-20/h1-3,6-9,11-13,15-16,21H,4-5,10,14,17H2,(H,26,28)/t21-/m0/s1. The summed E-state index contributed by atoms with van der Waals surface area (Å²) in [6.07, 6.45) is 8.28. The molecule has 1 atom stereocenters. The van der Waals surface area contributed by atoms with E-state index in [1.165, 1.54) is 0 Å². The van der Waals surface area contributed by atoms with Crippen molar-refractivity contribution in [3.63, 3.8) is 0 Å². The van der Waals surface area contributed by atoms with E-state index in [9.17, 15) is 4.79 Å². The first kappa shape index (κ1) is 19.1. The smallest absolute Gasteiger partial charge is 0.241 e. The Morgan fingerprint density at radius 3 is 2.72 bits per heavy atom. The lowest BCUT2D eigenvalue weighted by Gasteiger charge is -2.34. The van der Waals surface area contributed by atoms with Gasteiger partial charge in [-0.05, 0) is 49.2 Å². The lowest BCUT2D eigenvalue weighted by atomic mass is 10.0. The number of nitrogens with zero attached hydrogens (tertiary/aromatic N) is 3. The number of aromatic nitrogens is 2. The van der Waals surface area contributed by atoms with Gasteiger partial charge in [0.15, 0.2) is 0 Å². The van der Waals surface area contributed by atoms with Crippen LogP contribution in [-0.4, -0.2) is 33.4 Å². The van der Waals surface area contributed by atoms with Crippen molar-refractivity contribution in [2.24, 2.45) is 0 Å². The zero-order valence-corrected chi connectivity index (χ0v) is 16.2. The van der Waals surface area contributed by atoms with Gasteiger partial charge in [-0.15, -0.1) is 0 Å². The van der Waals surface area contributed by atoms with Crippen LogP contribution in [0.3, 0.4) is 0 Å². The molecular formula is C23H24N4O2. The highest BCUT2D eigenvalue weighted by molar-refractivity contribution is 5.94. The fraction of sp³-hybridized carbons (Fsp3) is 0.261. The van der Waals surface area contributed by atoms with Crippen molar-refractivity contribution in [1.82, 2.24) is 14.9 Å². The number of hydrogen-bond acceptors (Lipinski definition) is 5. The average molecular weight is 388 g/mol. The maximum atomic E-state index is 12.9. The summed E-state index contributed by atoms with van der Waals surface area (Å²) in [5.74, 6) is 1.22. The largest absolute Gasteiger partial charge is 0.439 e. The van der Waals surface area contributed by atoms with Crippen LogP contribution in [-0.2, 0) is 11.3 Å². The van der Waals surface area contributed by atoms with Crippen LogP contribution in [0.2, 0.25) is 0 Å². The number of ether oxygens (including phenoxy) is 1. The number of hydrogen-bond donors (Lipinski definition) is 1. The fourth-order valence-electron chi connectivity index (χ4n) is 3.55. The monoisotopic (exact) mass is 388 g/mol. The molecule has 0 saturated carbocycles. The summed E-state index contributed by atoms with van der Waals surface area (Å²) in [5.41, 5.74) is 1.79. The van der Waals surface area contributed by atoms with E-state index in [1.807, 2.05) is 54.7 Å². The molecule has 3 aromatic rings. The molecule has 0 radical (unpaired) electrons. The molecule has 1 N–H and O–H groups in total. The highest BCUT2D eigenvalue weighted by atomic mass is 16.5. The van der Waals surface area contributed by atoms with Gasteiger partial charge in [-0.2, -0.15) is 0 Å². The molecule has 29 heavy (non-hydrogen) atoms. The number of pyridine rings is 2. The van der Waals surface area contributed by atoms with Crippen LogP contribution in [0, 0.1) is 0 Å². The van der Waals surface area contributed by atoms with Gasteiger partial charge in [-0.3, -0.25) is 14.7 Å². The van der Waals surface area contributed by atoms with Crippen molar-refractivity contribution in [1.29, 1.82) is 0 Å². The number of amides is 1. The fourth-order valence-corrected chi connectivity index (χ4v) is 3.55. The summed E-state index contributed by atoms with van der Waals surface area (Å²) in [6.45, 7) is 1.64. The topological polar surface area (TPSA) is 67.3 Å². The Labute approximate surface area is 170 Å². The first-order valence-corrected chi connectivity index (χ1v) is 9.91. The van der Waals surface area contributed by atoms with E-state index in [-0.39, 0.29) is 11.9 Å². The number of nitrogens with one attached hydrogen (secondary N) is 1. The average Bonchev–Trinajstić information content (AvgIpc) is 2.77. The van der Waals surface area contributed by atoms with Gasteiger partial charge in [0.05, 0.1) is 17.9 Å². The first-order valence-electron chi connectivity index (χ1n) is 9.91. The van der Waals surface area contributed by atoms with Crippen LogP contribution < -0.4 is 10.1 Å². The number of rotatable bonds is 6. The van der Waals surface area contributed by atoms with Crippen LogP contribution in [0.15, 0.2) is 73.2 Å². The molecule has 2 aromatic heterocycles. The number of para-hydroxylation sites is 1. The van der Waals surface area contributed by atoms with Crippen molar-refractivity contribution in [3.8, 4) is 11.6 Å². The molecule has 1 aliphatic rings. The van der Waals surface area contributed by atoms with Crippen molar-refractivity contribution < 1.29 is 9.53 Å². The lowest BCUT2D eigenvalue weighted by molar-refractivity contribution is -0.122. The van der Waals surface area contributed by atoms with Crippen LogP contribution in [0.5, 0.6) is 11.6 Å². The lowest BCUT2D eigenvalue weighted by Crippen LogP contribution is -2.46. The highest BCUT2D eigenvalue weighted by Gasteiger charge is 2.28. The van der Waals surface area contributed by atoms with Crippen LogP contribution in [0.25, 0.3) is 0 Å². The first-order chi connectivity index (χ1) is 14.3. The molecule has 3 heterocycles. The predicted octanol–water partition coefficient (Wildman–Crippen LogP) is 4.26. The summed E-state index contributed by atoms with van der Waals surface area (Å²) < 4.78 is 5.70. The third-order valence-corrected chi connectivity index (χ3v) is 4.99. The van der Waals surface area contributed by atoms with Crippen molar-refractivity contribution in [3.05, 3.63) is 78.8 Å². The summed E-state index contributed by atoms with van der Waals surface area (Å²) in [4.78, 5) is 23.6. The molecular weight excluding hydrogens is 364 g/mol. The Balaban J connectivity index is 1.38. The van der Waals surface area contributed by atoms with Crippen molar-refractivity contribution in [2.75, 3.05) is 11.9 Å². The van der Waals surface area contributed by atoms with Gasteiger partial charge < -0.3 is 10.1 Å². The predicted molar refractivity (Wildman–Crippen MR) is 112 cm³/mol. The molecule has 1 saturated heterocycles. The summed E-state index contributed by atoms with van der Waals surface area (Å²) >= 11 is 0. The Kier molecular flexibility index (Phi) is 6.12. The Morgan fingerprint density at radius 1 is 1.07 bits per heavy atom. The SMILES string of the molecule is O=C(Nc1ccc(Oc2ccccc2)nc1)[C@@H]1CCCCN1Cc1cccnc1. The third kappa shape index (κ3) is 5.18. The Bertz CT molecular complexity index is 917. The quantitative estimate of drug-likeness (QED) is 0.683. The molecule has 148 valence electrons. The molecule has 4 rings (SSSR count). The normalized spacial score (nSPS) is 16.9. The summed E-state index contributed by atoms with van der Waals surface area (Å²) in [5, 5.41) is 3.00. The second kappa shape index (κ2) is 9.30. The Morgan fingerprint density at radius 2 is 1.97 bits per heavy atom. The van der Waals surface area contributed by atoms with E-state index < -0.39 is 0 Å². The van der Waals surface area contributed by atoms with E-state index in [0.29, 0.717) is 11.6 Å². The maximum absolute atomic E-state index is 12.9. The molecule has 6 nitrogen and oxygen atoms in total. The number of carbonyl (C=O) groups excluding carboxylic acids is 1. The zero-order chi connectivity index (χ0) is 19.9. The zero-order valence-electron chi connectivity index (χ0n) is 16.2. The second-order valence-corrected chi connectivity index (χ2v) is 7.13. The number of piperidine rings is 1. The van der Waals surface area contributed by atoms with Gasteiger partial charge in [0, 0.05) is 25.0 Å². The number of likely N-dealkylation sites (tertiary alicyclic amines) is 1. The molecule has 0 unspecified atom stereocenters. The molecule has 1 aliphatic heterocycles. The Hall–Kier alpha value is -3.25.